The van der Waals surface area contributed by atoms with Gasteiger partial charge in [0, 0.05) is 24.0 Å². The molecule has 3 rings (SSSR count). The first-order chi connectivity index (χ1) is 10.2. The maximum absolute atomic E-state index is 6.11. The lowest BCUT2D eigenvalue weighted by Crippen LogP contribution is -2.22. The van der Waals surface area contributed by atoms with Crippen LogP contribution in [-0.4, -0.2) is 15.4 Å². The van der Waals surface area contributed by atoms with E-state index < -0.39 is 0 Å². The van der Waals surface area contributed by atoms with Crippen LogP contribution in [0.25, 0.3) is 4.96 Å². The normalized spacial score (nSPS) is 12.7. The number of hydrogen-bond donors (Lipinski definition) is 1. The molecule has 4 nitrogen and oxygen atoms in total. The number of aryl methyl sites for hydroxylation is 1. The Balaban J connectivity index is 1.94. The number of benzene rings is 1. The molecular weight excluding hydrogens is 282 g/mol. The van der Waals surface area contributed by atoms with E-state index in [1.54, 1.807) is 11.3 Å². The largest absolute Gasteiger partial charge is 0.437 e. The number of thiazole rings is 1. The molecule has 2 heterocycles. The summed E-state index contributed by atoms with van der Waals surface area (Å²) in [5, 5.41) is 2.03. The van der Waals surface area contributed by atoms with Gasteiger partial charge in [-0.3, -0.25) is 4.40 Å². The molecule has 0 fully saturated rings. The zero-order valence-electron chi connectivity index (χ0n) is 12.2. The molecule has 0 saturated heterocycles. The molecule has 110 valence electrons. The number of fused-ring (bicyclic) bond motifs is 1. The van der Waals surface area contributed by atoms with Crippen molar-refractivity contribution < 1.29 is 4.74 Å². The topological polar surface area (TPSA) is 52.5 Å². The van der Waals surface area contributed by atoms with E-state index in [0.717, 1.165) is 29.2 Å². The van der Waals surface area contributed by atoms with Crippen LogP contribution in [0, 0.1) is 6.92 Å². The average molecular weight is 301 g/mol. The molecule has 0 aliphatic rings. The van der Waals surface area contributed by atoms with Gasteiger partial charge in [0.1, 0.15) is 5.75 Å². The second kappa shape index (κ2) is 5.87. The lowest BCUT2D eigenvalue weighted by molar-refractivity contribution is 0.455. The maximum atomic E-state index is 6.11. The second-order valence-electron chi connectivity index (χ2n) is 5.21. The molecular formula is C16H19N3OS. The van der Waals surface area contributed by atoms with Gasteiger partial charge in [0.15, 0.2) is 4.96 Å². The van der Waals surface area contributed by atoms with E-state index in [1.807, 2.05) is 35.8 Å². The fourth-order valence-electron chi connectivity index (χ4n) is 2.19. The summed E-state index contributed by atoms with van der Waals surface area (Å²) in [6, 6.07) is 8.11. The molecule has 2 N–H and O–H groups in total. The van der Waals surface area contributed by atoms with Crippen LogP contribution in [0.3, 0.4) is 0 Å². The van der Waals surface area contributed by atoms with Crippen molar-refractivity contribution in [1.29, 1.82) is 0 Å². The van der Waals surface area contributed by atoms with Crippen molar-refractivity contribution >= 4 is 16.3 Å². The summed E-state index contributed by atoms with van der Waals surface area (Å²) >= 11 is 1.60. The van der Waals surface area contributed by atoms with E-state index >= 15 is 0 Å². The quantitative estimate of drug-likeness (QED) is 0.780. The van der Waals surface area contributed by atoms with Crippen LogP contribution in [-0.2, 0) is 6.42 Å². The van der Waals surface area contributed by atoms with Crippen LogP contribution in [0.2, 0.25) is 0 Å². The van der Waals surface area contributed by atoms with Crippen molar-refractivity contribution in [3.63, 3.8) is 0 Å². The third kappa shape index (κ3) is 2.94. The number of nitrogens with two attached hydrogens (primary N) is 1. The summed E-state index contributed by atoms with van der Waals surface area (Å²) in [6.45, 7) is 4.15. The van der Waals surface area contributed by atoms with Crippen molar-refractivity contribution in [2.45, 2.75) is 32.7 Å². The Bertz CT molecular complexity index is 730. The molecule has 21 heavy (non-hydrogen) atoms. The van der Waals surface area contributed by atoms with E-state index in [0.29, 0.717) is 5.88 Å². The van der Waals surface area contributed by atoms with E-state index in [9.17, 15) is 0 Å². The van der Waals surface area contributed by atoms with Crippen LogP contribution in [0.4, 0.5) is 0 Å². The summed E-state index contributed by atoms with van der Waals surface area (Å²) in [6.07, 6.45) is 3.71. The van der Waals surface area contributed by atoms with Gasteiger partial charge >= 0.3 is 0 Å². The smallest absolute Gasteiger partial charge is 0.242 e. The second-order valence-corrected chi connectivity index (χ2v) is 6.08. The minimum Gasteiger partial charge on any atom is -0.437 e. The molecule has 1 atom stereocenters. The Hall–Kier alpha value is -1.85. The predicted molar refractivity (Wildman–Crippen MR) is 86.3 cm³/mol. The third-order valence-electron chi connectivity index (χ3n) is 3.54. The van der Waals surface area contributed by atoms with Crippen molar-refractivity contribution in [2.24, 2.45) is 5.73 Å². The number of imidazole rings is 1. The molecule has 3 aromatic rings. The lowest BCUT2D eigenvalue weighted by Gasteiger charge is -2.10. The molecule has 0 radical (unpaired) electrons. The first-order valence-corrected chi connectivity index (χ1v) is 8.00. The SMILES string of the molecule is CCC(N)Cc1c(Oc2ccc(C)cc2)nc2sccn12. The van der Waals surface area contributed by atoms with Gasteiger partial charge in [-0.1, -0.05) is 24.6 Å². The zero-order valence-corrected chi connectivity index (χ0v) is 13.1. The Morgan fingerprint density at radius 1 is 1.33 bits per heavy atom. The van der Waals surface area contributed by atoms with Gasteiger partial charge in [0.05, 0.1) is 5.69 Å². The van der Waals surface area contributed by atoms with E-state index in [-0.39, 0.29) is 6.04 Å². The number of ether oxygens (including phenoxy) is 1. The number of rotatable bonds is 5. The van der Waals surface area contributed by atoms with Gasteiger partial charge in [-0.2, -0.15) is 4.98 Å². The molecule has 5 heteroatoms. The molecule has 2 aromatic heterocycles. The first-order valence-electron chi connectivity index (χ1n) is 7.12. The van der Waals surface area contributed by atoms with Gasteiger partial charge in [0.25, 0.3) is 0 Å². The van der Waals surface area contributed by atoms with Crippen LogP contribution < -0.4 is 10.5 Å². The molecule has 0 amide bonds. The zero-order chi connectivity index (χ0) is 14.8. The first kappa shape index (κ1) is 14.1. The summed E-state index contributed by atoms with van der Waals surface area (Å²) in [4.78, 5) is 5.52. The molecule has 0 bridgehead atoms. The van der Waals surface area contributed by atoms with Gasteiger partial charge in [-0.15, -0.1) is 11.3 Å². The Labute approximate surface area is 128 Å². The van der Waals surface area contributed by atoms with Crippen molar-refractivity contribution in [3.05, 3.63) is 47.1 Å². The van der Waals surface area contributed by atoms with Crippen LogP contribution in [0.1, 0.15) is 24.6 Å². The third-order valence-corrected chi connectivity index (χ3v) is 4.30. The Morgan fingerprint density at radius 2 is 2.10 bits per heavy atom. The van der Waals surface area contributed by atoms with E-state index in [4.69, 9.17) is 10.5 Å². The Kier molecular flexibility index (Phi) is 3.94. The fourth-order valence-corrected chi connectivity index (χ4v) is 2.92. The highest BCUT2D eigenvalue weighted by Gasteiger charge is 2.17. The molecule has 0 aliphatic carbocycles. The average Bonchev–Trinajstić information content (AvgIpc) is 3.04. The molecule has 1 aromatic carbocycles. The fraction of sp³-hybridized carbons (Fsp3) is 0.312. The van der Waals surface area contributed by atoms with Gasteiger partial charge < -0.3 is 10.5 Å². The van der Waals surface area contributed by atoms with Gasteiger partial charge in [-0.25, -0.2) is 0 Å². The minimum atomic E-state index is 0.116. The standard InChI is InChI=1S/C16H19N3OS/c1-3-12(17)10-14-15(18-16-19(14)8-9-21-16)20-13-6-4-11(2)5-7-13/h4-9,12H,3,10,17H2,1-2H3. The van der Waals surface area contributed by atoms with Crippen molar-refractivity contribution in [1.82, 2.24) is 9.38 Å². The van der Waals surface area contributed by atoms with Crippen molar-refractivity contribution in [3.8, 4) is 11.6 Å². The summed E-state index contributed by atoms with van der Waals surface area (Å²) in [7, 11) is 0. The minimum absolute atomic E-state index is 0.116. The van der Waals surface area contributed by atoms with E-state index in [1.165, 1.54) is 5.56 Å². The van der Waals surface area contributed by atoms with E-state index in [2.05, 4.69) is 23.2 Å². The highest BCUT2D eigenvalue weighted by molar-refractivity contribution is 7.15. The monoisotopic (exact) mass is 301 g/mol. The van der Waals surface area contributed by atoms with Crippen LogP contribution in [0.5, 0.6) is 11.6 Å². The number of nitrogens with zero attached hydrogens (tertiary/aromatic N) is 2. The highest BCUT2D eigenvalue weighted by atomic mass is 32.1. The van der Waals surface area contributed by atoms with Crippen LogP contribution in [0.15, 0.2) is 35.8 Å². The highest BCUT2D eigenvalue weighted by Crippen LogP contribution is 2.29. The summed E-state index contributed by atoms with van der Waals surface area (Å²) in [5.41, 5.74) is 8.37. The molecule has 0 aliphatic heterocycles. The van der Waals surface area contributed by atoms with Crippen LogP contribution >= 0.6 is 11.3 Å². The predicted octanol–water partition coefficient (Wildman–Crippen LogP) is 3.78. The van der Waals surface area contributed by atoms with Crippen molar-refractivity contribution in [2.75, 3.05) is 0 Å². The number of hydrogen-bond acceptors (Lipinski definition) is 4. The Morgan fingerprint density at radius 3 is 2.81 bits per heavy atom. The molecule has 1 unspecified atom stereocenters. The van der Waals surface area contributed by atoms with Gasteiger partial charge in [-0.05, 0) is 25.5 Å². The van der Waals surface area contributed by atoms with Gasteiger partial charge in [0.2, 0.25) is 5.88 Å². The lowest BCUT2D eigenvalue weighted by atomic mass is 10.1. The molecule has 0 spiro atoms. The molecule has 0 saturated carbocycles. The number of aromatic nitrogens is 2. The summed E-state index contributed by atoms with van der Waals surface area (Å²) in [5.74, 6) is 1.47. The maximum Gasteiger partial charge on any atom is 0.242 e. The summed E-state index contributed by atoms with van der Waals surface area (Å²) < 4.78 is 8.05.